The van der Waals surface area contributed by atoms with Crippen LogP contribution in [0.2, 0.25) is 0 Å². The molecule has 0 radical (unpaired) electrons. The van der Waals surface area contributed by atoms with Crippen molar-refractivity contribution in [2.45, 2.75) is 24.9 Å². The summed E-state index contributed by atoms with van der Waals surface area (Å²) in [7, 11) is 1.51. The Kier molecular flexibility index (Phi) is 2.48. The van der Waals surface area contributed by atoms with Crippen LogP contribution in [0.4, 0.5) is 13.2 Å². The summed E-state index contributed by atoms with van der Waals surface area (Å²) in [6, 6.07) is 1.47. The SMILES string of the molecule is Cn1nc(C(F)(F)F)c2cc(-c3n[nH]c(C4CC4)n3)sc21. The summed E-state index contributed by atoms with van der Waals surface area (Å²) >= 11 is 1.21. The highest BCUT2D eigenvalue weighted by Gasteiger charge is 2.37. The monoisotopic (exact) mass is 313 g/mol. The molecule has 0 spiro atoms. The Balaban J connectivity index is 1.82. The predicted octanol–water partition coefficient (Wildman–Crippen LogP) is 3.32. The van der Waals surface area contributed by atoms with Crippen LogP contribution in [0, 0.1) is 0 Å². The number of alkyl halides is 3. The van der Waals surface area contributed by atoms with Gasteiger partial charge in [0.15, 0.2) is 11.5 Å². The summed E-state index contributed by atoms with van der Waals surface area (Å²) in [5, 5.41) is 10.6. The van der Waals surface area contributed by atoms with Gasteiger partial charge in [0.2, 0.25) is 0 Å². The van der Waals surface area contributed by atoms with Gasteiger partial charge in [0, 0.05) is 18.4 Å². The standard InChI is InChI=1S/C12H10F3N5S/c1-20-11-6(8(19-20)12(13,14)15)4-7(21-11)10-16-9(17-18-10)5-2-3-5/h4-5H,2-3H2,1H3,(H,16,17,18). The third-order valence-electron chi connectivity index (χ3n) is 3.47. The van der Waals surface area contributed by atoms with Crippen molar-refractivity contribution in [3.63, 3.8) is 0 Å². The van der Waals surface area contributed by atoms with Crippen LogP contribution in [0.15, 0.2) is 6.07 Å². The highest BCUT2D eigenvalue weighted by molar-refractivity contribution is 7.21. The molecule has 1 aliphatic rings. The second-order valence-corrected chi connectivity index (χ2v) is 6.15. The number of nitrogens with zero attached hydrogens (tertiary/aromatic N) is 4. The van der Waals surface area contributed by atoms with Gasteiger partial charge < -0.3 is 0 Å². The number of hydrogen-bond donors (Lipinski definition) is 1. The second kappa shape index (κ2) is 4.06. The minimum absolute atomic E-state index is 0.0998. The van der Waals surface area contributed by atoms with E-state index < -0.39 is 11.9 Å². The summed E-state index contributed by atoms with van der Waals surface area (Å²) in [6.45, 7) is 0. The fourth-order valence-electron chi connectivity index (χ4n) is 2.28. The number of fused-ring (bicyclic) bond motifs is 1. The minimum atomic E-state index is -4.46. The molecule has 0 bridgehead atoms. The minimum Gasteiger partial charge on any atom is -0.262 e. The molecular formula is C12H10F3N5S. The number of nitrogens with one attached hydrogen (secondary N) is 1. The maximum atomic E-state index is 13.0. The Labute approximate surface area is 120 Å². The molecule has 3 aromatic heterocycles. The molecule has 1 aliphatic carbocycles. The van der Waals surface area contributed by atoms with Gasteiger partial charge >= 0.3 is 6.18 Å². The number of hydrogen-bond acceptors (Lipinski definition) is 4. The van der Waals surface area contributed by atoms with Gasteiger partial charge in [0.05, 0.1) is 4.88 Å². The number of halogens is 3. The van der Waals surface area contributed by atoms with Crippen molar-refractivity contribution in [3.8, 4) is 10.7 Å². The molecule has 3 heterocycles. The molecule has 1 fully saturated rings. The zero-order valence-corrected chi connectivity index (χ0v) is 11.7. The van der Waals surface area contributed by atoms with Crippen LogP contribution in [0.25, 0.3) is 20.9 Å². The number of aryl methyl sites for hydroxylation is 1. The van der Waals surface area contributed by atoms with Gasteiger partial charge in [0.25, 0.3) is 0 Å². The number of H-pyrrole nitrogens is 1. The fraction of sp³-hybridized carbons (Fsp3) is 0.417. The third kappa shape index (κ3) is 2.03. The topological polar surface area (TPSA) is 59.4 Å². The first-order valence-corrected chi connectivity index (χ1v) is 7.21. The lowest BCUT2D eigenvalue weighted by molar-refractivity contribution is -0.140. The van der Waals surface area contributed by atoms with Gasteiger partial charge in [-0.25, -0.2) is 4.98 Å². The van der Waals surface area contributed by atoms with E-state index in [4.69, 9.17) is 0 Å². The summed E-state index contributed by atoms with van der Waals surface area (Å²) in [5.41, 5.74) is -0.861. The Bertz CT molecular complexity index is 824. The molecule has 3 aromatic rings. The molecular weight excluding hydrogens is 303 g/mol. The Morgan fingerprint density at radius 1 is 1.38 bits per heavy atom. The first-order valence-electron chi connectivity index (χ1n) is 6.40. The smallest absolute Gasteiger partial charge is 0.262 e. The molecule has 0 amide bonds. The highest BCUT2D eigenvalue weighted by Crippen LogP contribution is 2.41. The zero-order chi connectivity index (χ0) is 14.8. The van der Waals surface area contributed by atoms with Crippen LogP contribution in [-0.4, -0.2) is 25.0 Å². The first kappa shape index (κ1) is 12.8. The highest BCUT2D eigenvalue weighted by atomic mass is 32.1. The van der Waals surface area contributed by atoms with Gasteiger partial charge in [-0.3, -0.25) is 9.78 Å². The van der Waals surface area contributed by atoms with Crippen molar-refractivity contribution in [1.29, 1.82) is 0 Å². The van der Waals surface area contributed by atoms with Crippen molar-refractivity contribution >= 4 is 21.6 Å². The maximum absolute atomic E-state index is 13.0. The molecule has 21 heavy (non-hydrogen) atoms. The van der Waals surface area contributed by atoms with E-state index in [1.165, 1.54) is 29.1 Å². The molecule has 110 valence electrons. The van der Waals surface area contributed by atoms with Gasteiger partial charge in [-0.2, -0.15) is 23.4 Å². The van der Waals surface area contributed by atoms with Gasteiger partial charge in [-0.15, -0.1) is 11.3 Å². The van der Waals surface area contributed by atoms with Crippen LogP contribution in [-0.2, 0) is 13.2 Å². The van der Waals surface area contributed by atoms with Crippen molar-refractivity contribution < 1.29 is 13.2 Å². The van der Waals surface area contributed by atoms with Crippen molar-refractivity contribution in [3.05, 3.63) is 17.6 Å². The summed E-state index contributed by atoms with van der Waals surface area (Å²) in [6.07, 6.45) is -2.29. The Hall–Kier alpha value is -1.90. The van der Waals surface area contributed by atoms with Crippen molar-refractivity contribution in [2.24, 2.45) is 7.05 Å². The van der Waals surface area contributed by atoms with Crippen LogP contribution in [0.5, 0.6) is 0 Å². The number of aromatic nitrogens is 5. The maximum Gasteiger partial charge on any atom is 0.435 e. The Morgan fingerprint density at radius 2 is 2.14 bits per heavy atom. The van der Waals surface area contributed by atoms with Crippen LogP contribution >= 0.6 is 11.3 Å². The van der Waals surface area contributed by atoms with Crippen molar-refractivity contribution in [2.75, 3.05) is 0 Å². The first-order chi connectivity index (χ1) is 9.93. The quantitative estimate of drug-likeness (QED) is 0.789. The van der Waals surface area contributed by atoms with Crippen molar-refractivity contribution in [1.82, 2.24) is 25.0 Å². The second-order valence-electron chi connectivity index (χ2n) is 5.12. The van der Waals surface area contributed by atoms with E-state index in [0.29, 0.717) is 21.4 Å². The summed E-state index contributed by atoms with van der Waals surface area (Å²) in [4.78, 5) is 5.46. The fourth-order valence-corrected chi connectivity index (χ4v) is 3.29. The van der Waals surface area contributed by atoms with Crippen LogP contribution in [0.3, 0.4) is 0 Å². The van der Waals surface area contributed by atoms with E-state index in [1.807, 2.05) is 0 Å². The molecule has 1 saturated carbocycles. The normalized spacial score (nSPS) is 16.0. The average Bonchev–Trinajstić information content (AvgIpc) is 2.86. The van der Waals surface area contributed by atoms with E-state index in [-0.39, 0.29) is 5.39 Å². The Morgan fingerprint density at radius 3 is 2.81 bits per heavy atom. The number of rotatable bonds is 2. The molecule has 4 rings (SSSR count). The number of thiophene rings is 1. The lowest BCUT2D eigenvalue weighted by atomic mass is 10.3. The van der Waals surface area contributed by atoms with E-state index in [1.54, 1.807) is 0 Å². The van der Waals surface area contributed by atoms with E-state index in [0.717, 1.165) is 18.7 Å². The lowest BCUT2D eigenvalue weighted by Crippen LogP contribution is -2.07. The predicted molar refractivity (Wildman–Crippen MR) is 70.9 cm³/mol. The summed E-state index contributed by atoms with van der Waals surface area (Å²) < 4.78 is 40.1. The van der Waals surface area contributed by atoms with Crippen LogP contribution < -0.4 is 0 Å². The van der Waals surface area contributed by atoms with E-state index in [2.05, 4.69) is 20.3 Å². The summed E-state index contributed by atoms with van der Waals surface area (Å²) in [5.74, 6) is 1.69. The average molecular weight is 313 g/mol. The molecule has 1 N–H and O–H groups in total. The van der Waals surface area contributed by atoms with Crippen LogP contribution in [0.1, 0.15) is 30.3 Å². The molecule has 0 aromatic carbocycles. The van der Waals surface area contributed by atoms with E-state index >= 15 is 0 Å². The molecule has 9 heteroatoms. The molecule has 0 unspecified atom stereocenters. The largest absolute Gasteiger partial charge is 0.435 e. The molecule has 0 saturated heterocycles. The van der Waals surface area contributed by atoms with Gasteiger partial charge in [-0.05, 0) is 18.9 Å². The van der Waals surface area contributed by atoms with E-state index in [9.17, 15) is 13.2 Å². The molecule has 0 aliphatic heterocycles. The van der Waals surface area contributed by atoms with Gasteiger partial charge in [-0.1, -0.05) is 0 Å². The lowest BCUT2D eigenvalue weighted by Gasteiger charge is -2.00. The third-order valence-corrected chi connectivity index (χ3v) is 4.66. The van der Waals surface area contributed by atoms with Gasteiger partial charge in [0.1, 0.15) is 10.7 Å². The molecule has 5 nitrogen and oxygen atoms in total. The zero-order valence-electron chi connectivity index (χ0n) is 10.9. The molecule has 0 atom stereocenters. The number of aromatic amines is 1.